The normalized spacial score (nSPS) is 10.3. The van der Waals surface area contributed by atoms with E-state index in [1.165, 1.54) is 24.3 Å². The van der Waals surface area contributed by atoms with Crippen LogP contribution in [0.15, 0.2) is 30.3 Å². The van der Waals surface area contributed by atoms with Gasteiger partial charge in [-0.05, 0) is 36.8 Å². The predicted octanol–water partition coefficient (Wildman–Crippen LogP) is 2.69. The van der Waals surface area contributed by atoms with Crippen LogP contribution in [0.4, 0.5) is 15.9 Å². The molecule has 2 N–H and O–H groups in total. The Bertz CT molecular complexity index is 608. The standard InChI is InChI=1S/C12H10FN3O2/c1-7-4-8(6-9(13)5-7)12-10(16(17)18)2-3-11(14)15-12/h2-6H,1H3,(H2,14,15). The van der Waals surface area contributed by atoms with Crippen LogP contribution in [0.5, 0.6) is 0 Å². The molecule has 0 unspecified atom stereocenters. The third kappa shape index (κ3) is 2.27. The van der Waals surface area contributed by atoms with Crippen molar-refractivity contribution < 1.29 is 9.31 Å². The first-order chi connectivity index (χ1) is 8.47. The summed E-state index contributed by atoms with van der Waals surface area (Å²) in [6, 6.07) is 6.76. The number of pyridine rings is 1. The zero-order chi connectivity index (χ0) is 13.3. The van der Waals surface area contributed by atoms with Crippen LogP contribution < -0.4 is 5.73 Å². The van der Waals surface area contributed by atoms with Gasteiger partial charge in [-0.2, -0.15) is 0 Å². The second-order valence-electron chi connectivity index (χ2n) is 3.88. The zero-order valence-corrected chi connectivity index (χ0v) is 9.55. The monoisotopic (exact) mass is 247 g/mol. The lowest BCUT2D eigenvalue weighted by molar-refractivity contribution is -0.384. The maximum absolute atomic E-state index is 13.3. The van der Waals surface area contributed by atoms with Crippen molar-refractivity contribution in [3.8, 4) is 11.3 Å². The van der Waals surface area contributed by atoms with Gasteiger partial charge < -0.3 is 5.73 Å². The summed E-state index contributed by atoms with van der Waals surface area (Å²) < 4.78 is 13.3. The lowest BCUT2D eigenvalue weighted by Gasteiger charge is -2.05. The maximum Gasteiger partial charge on any atom is 0.295 e. The SMILES string of the molecule is Cc1cc(F)cc(-c2nc(N)ccc2[N+](=O)[O-])c1. The zero-order valence-electron chi connectivity index (χ0n) is 9.55. The molecule has 0 aliphatic heterocycles. The molecule has 18 heavy (non-hydrogen) atoms. The molecule has 1 aromatic carbocycles. The summed E-state index contributed by atoms with van der Waals surface area (Å²) in [5.41, 5.74) is 6.38. The van der Waals surface area contributed by atoms with E-state index in [9.17, 15) is 14.5 Å². The molecule has 0 saturated heterocycles. The number of nitrogens with two attached hydrogens (primary N) is 1. The Morgan fingerprint density at radius 1 is 1.33 bits per heavy atom. The summed E-state index contributed by atoms with van der Waals surface area (Å²) in [6.07, 6.45) is 0. The lowest BCUT2D eigenvalue weighted by Crippen LogP contribution is -1.98. The van der Waals surface area contributed by atoms with Crippen LogP contribution in [0.3, 0.4) is 0 Å². The van der Waals surface area contributed by atoms with Crippen molar-refractivity contribution in [3.63, 3.8) is 0 Å². The van der Waals surface area contributed by atoms with Crippen molar-refractivity contribution in [2.24, 2.45) is 0 Å². The number of hydrogen-bond acceptors (Lipinski definition) is 4. The van der Waals surface area contributed by atoms with Gasteiger partial charge in [-0.3, -0.25) is 10.1 Å². The molecule has 1 heterocycles. The highest BCUT2D eigenvalue weighted by atomic mass is 19.1. The highest BCUT2D eigenvalue weighted by molar-refractivity contribution is 5.71. The second kappa shape index (κ2) is 4.40. The molecule has 5 nitrogen and oxygen atoms in total. The average molecular weight is 247 g/mol. The van der Waals surface area contributed by atoms with E-state index in [2.05, 4.69) is 4.98 Å². The summed E-state index contributed by atoms with van der Waals surface area (Å²) in [4.78, 5) is 14.3. The summed E-state index contributed by atoms with van der Waals surface area (Å²) >= 11 is 0. The van der Waals surface area contributed by atoms with Crippen molar-refractivity contribution >= 4 is 11.5 Å². The Kier molecular flexibility index (Phi) is 2.93. The Hall–Kier alpha value is -2.50. The van der Waals surface area contributed by atoms with Crippen LogP contribution in [-0.4, -0.2) is 9.91 Å². The molecule has 92 valence electrons. The minimum Gasteiger partial charge on any atom is -0.384 e. The molecule has 0 spiro atoms. The number of rotatable bonds is 2. The summed E-state index contributed by atoms with van der Waals surface area (Å²) in [6.45, 7) is 1.70. The average Bonchev–Trinajstić information content (AvgIpc) is 2.27. The molecule has 2 rings (SSSR count). The molecule has 0 atom stereocenters. The molecule has 0 aliphatic carbocycles. The van der Waals surface area contributed by atoms with Crippen LogP contribution in [0, 0.1) is 22.9 Å². The molecule has 6 heteroatoms. The number of nitro groups is 1. The van der Waals surface area contributed by atoms with E-state index in [1.54, 1.807) is 13.0 Å². The fraction of sp³-hybridized carbons (Fsp3) is 0.0833. The number of hydrogen-bond donors (Lipinski definition) is 1. The van der Waals surface area contributed by atoms with Crippen molar-refractivity contribution in [1.29, 1.82) is 0 Å². The number of halogens is 1. The van der Waals surface area contributed by atoms with Gasteiger partial charge in [0, 0.05) is 11.6 Å². The van der Waals surface area contributed by atoms with Crippen LogP contribution >= 0.6 is 0 Å². The largest absolute Gasteiger partial charge is 0.384 e. The van der Waals surface area contributed by atoms with E-state index < -0.39 is 10.7 Å². The van der Waals surface area contributed by atoms with Gasteiger partial charge in [0.25, 0.3) is 5.69 Å². The highest BCUT2D eigenvalue weighted by Gasteiger charge is 2.17. The Morgan fingerprint density at radius 2 is 2.06 bits per heavy atom. The van der Waals surface area contributed by atoms with Gasteiger partial charge in [-0.15, -0.1) is 0 Å². The number of anilines is 1. The number of aryl methyl sites for hydroxylation is 1. The smallest absolute Gasteiger partial charge is 0.295 e. The van der Waals surface area contributed by atoms with E-state index in [0.29, 0.717) is 11.1 Å². The Morgan fingerprint density at radius 3 is 2.67 bits per heavy atom. The molecule has 0 aliphatic rings. The van der Waals surface area contributed by atoms with Crippen LogP contribution in [0.25, 0.3) is 11.3 Å². The molecular weight excluding hydrogens is 237 g/mol. The van der Waals surface area contributed by atoms with Gasteiger partial charge >= 0.3 is 0 Å². The van der Waals surface area contributed by atoms with E-state index in [4.69, 9.17) is 5.73 Å². The number of nitrogen functional groups attached to an aromatic ring is 1. The van der Waals surface area contributed by atoms with Gasteiger partial charge in [-0.25, -0.2) is 9.37 Å². The number of aromatic nitrogens is 1. The third-order valence-electron chi connectivity index (χ3n) is 2.41. The quantitative estimate of drug-likeness (QED) is 0.653. The van der Waals surface area contributed by atoms with Crippen molar-refractivity contribution in [1.82, 2.24) is 4.98 Å². The Labute approximate surface area is 102 Å². The van der Waals surface area contributed by atoms with Crippen molar-refractivity contribution in [2.45, 2.75) is 6.92 Å². The van der Waals surface area contributed by atoms with E-state index in [-0.39, 0.29) is 17.2 Å². The van der Waals surface area contributed by atoms with Crippen LogP contribution in [0.2, 0.25) is 0 Å². The minimum atomic E-state index is -0.567. The summed E-state index contributed by atoms with van der Waals surface area (Å²) in [5.74, 6) is -0.318. The molecule has 0 bridgehead atoms. The van der Waals surface area contributed by atoms with E-state index >= 15 is 0 Å². The second-order valence-corrected chi connectivity index (χ2v) is 3.88. The van der Waals surface area contributed by atoms with Gasteiger partial charge in [0.05, 0.1) is 4.92 Å². The van der Waals surface area contributed by atoms with E-state index in [0.717, 1.165) is 0 Å². The first-order valence-corrected chi connectivity index (χ1v) is 5.16. The summed E-state index contributed by atoms with van der Waals surface area (Å²) in [7, 11) is 0. The van der Waals surface area contributed by atoms with Gasteiger partial charge in [0.15, 0.2) is 5.69 Å². The summed E-state index contributed by atoms with van der Waals surface area (Å²) in [5, 5.41) is 10.9. The van der Waals surface area contributed by atoms with Gasteiger partial charge in [0.1, 0.15) is 11.6 Å². The van der Waals surface area contributed by atoms with Crippen molar-refractivity contribution in [3.05, 3.63) is 51.8 Å². The van der Waals surface area contributed by atoms with Crippen LogP contribution in [0.1, 0.15) is 5.56 Å². The van der Waals surface area contributed by atoms with Crippen LogP contribution in [-0.2, 0) is 0 Å². The fourth-order valence-corrected chi connectivity index (χ4v) is 1.70. The van der Waals surface area contributed by atoms with Gasteiger partial charge in [0.2, 0.25) is 0 Å². The highest BCUT2D eigenvalue weighted by Crippen LogP contribution is 2.29. The maximum atomic E-state index is 13.3. The third-order valence-corrected chi connectivity index (χ3v) is 2.41. The number of nitrogens with zero attached hydrogens (tertiary/aromatic N) is 2. The first-order valence-electron chi connectivity index (χ1n) is 5.16. The molecule has 0 radical (unpaired) electrons. The predicted molar refractivity (Wildman–Crippen MR) is 65.4 cm³/mol. The van der Waals surface area contributed by atoms with Gasteiger partial charge in [-0.1, -0.05) is 0 Å². The molecule has 1 aromatic heterocycles. The topological polar surface area (TPSA) is 82.0 Å². The minimum absolute atomic E-state index is 0.0719. The van der Waals surface area contributed by atoms with Crippen molar-refractivity contribution in [2.75, 3.05) is 5.73 Å². The molecule has 0 saturated carbocycles. The van der Waals surface area contributed by atoms with E-state index in [1.807, 2.05) is 0 Å². The molecule has 0 fully saturated rings. The lowest BCUT2D eigenvalue weighted by atomic mass is 10.1. The molecule has 2 aromatic rings. The fourth-order valence-electron chi connectivity index (χ4n) is 1.70. The number of benzene rings is 1. The Balaban J connectivity index is 2.68. The first kappa shape index (κ1) is 12.0. The molecule has 0 amide bonds. The molecular formula is C12H10FN3O2.